The highest BCUT2D eigenvalue weighted by Crippen LogP contribution is 2.30. The van der Waals surface area contributed by atoms with E-state index in [0.717, 1.165) is 41.6 Å². The van der Waals surface area contributed by atoms with Crippen LogP contribution < -0.4 is 15.5 Å². The molecule has 4 rings (SSSR count). The molecule has 1 amide bonds. The summed E-state index contributed by atoms with van der Waals surface area (Å²) in [6.45, 7) is 8.73. The third-order valence-corrected chi connectivity index (χ3v) is 4.74. The maximum absolute atomic E-state index is 11.2. The van der Waals surface area contributed by atoms with E-state index < -0.39 is 0 Å². The lowest BCUT2D eigenvalue weighted by atomic mass is 10.2. The molecule has 2 aromatic heterocycles. The van der Waals surface area contributed by atoms with E-state index in [1.165, 1.54) is 6.92 Å². The molecule has 29 heavy (non-hydrogen) atoms. The third kappa shape index (κ3) is 4.00. The van der Waals surface area contributed by atoms with Gasteiger partial charge in [-0.3, -0.25) is 9.36 Å². The number of benzene rings is 1. The third-order valence-electron chi connectivity index (χ3n) is 4.74. The number of imidazole rings is 1. The van der Waals surface area contributed by atoms with E-state index in [-0.39, 0.29) is 11.9 Å². The summed E-state index contributed by atoms with van der Waals surface area (Å²) >= 11 is 0. The molecule has 0 radical (unpaired) electrons. The van der Waals surface area contributed by atoms with E-state index in [2.05, 4.69) is 43.9 Å². The van der Waals surface area contributed by atoms with Gasteiger partial charge in [0, 0.05) is 37.4 Å². The summed E-state index contributed by atoms with van der Waals surface area (Å²) in [4.78, 5) is 27.3. The van der Waals surface area contributed by atoms with Gasteiger partial charge < -0.3 is 20.3 Å². The molecular weight excluding hydrogens is 370 g/mol. The van der Waals surface area contributed by atoms with Gasteiger partial charge in [-0.2, -0.15) is 0 Å². The van der Waals surface area contributed by atoms with Crippen LogP contribution in [0.3, 0.4) is 0 Å². The zero-order chi connectivity index (χ0) is 20.4. The van der Waals surface area contributed by atoms with Gasteiger partial charge in [0.15, 0.2) is 17.0 Å². The molecule has 0 unspecified atom stereocenters. The van der Waals surface area contributed by atoms with Gasteiger partial charge in [0.2, 0.25) is 11.9 Å². The van der Waals surface area contributed by atoms with Gasteiger partial charge in [0.1, 0.15) is 6.33 Å². The average molecular weight is 395 g/mol. The van der Waals surface area contributed by atoms with Gasteiger partial charge in [-0.1, -0.05) is 0 Å². The normalized spacial score (nSPS) is 14.4. The topological polar surface area (TPSA) is 97.2 Å². The fourth-order valence-corrected chi connectivity index (χ4v) is 3.43. The molecule has 1 aliphatic heterocycles. The smallest absolute Gasteiger partial charge is 0.221 e. The predicted molar refractivity (Wildman–Crippen MR) is 113 cm³/mol. The van der Waals surface area contributed by atoms with Crippen LogP contribution in [0, 0.1) is 0 Å². The Balaban J connectivity index is 1.69. The Bertz CT molecular complexity index is 1010. The first-order valence-corrected chi connectivity index (χ1v) is 9.73. The molecule has 0 aliphatic carbocycles. The van der Waals surface area contributed by atoms with E-state index in [0.29, 0.717) is 19.0 Å². The van der Waals surface area contributed by atoms with Crippen molar-refractivity contribution < 1.29 is 9.53 Å². The number of hydrogen-bond donors (Lipinski definition) is 2. The summed E-state index contributed by atoms with van der Waals surface area (Å²) in [5.74, 6) is 1.44. The van der Waals surface area contributed by atoms with E-state index in [4.69, 9.17) is 9.72 Å². The highest BCUT2D eigenvalue weighted by atomic mass is 16.5. The van der Waals surface area contributed by atoms with E-state index in [9.17, 15) is 4.79 Å². The zero-order valence-corrected chi connectivity index (χ0v) is 16.8. The maximum Gasteiger partial charge on any atom is 0.221 e. The van der Waals surface area contributed by atoms with Crippen molar-refractivity contribution in [3.05, 3.63) is 30.6 Å². The minimum absolute atomic E-state index is 0.0990. The summed E-state index contributed by atoms with van der Waals surface area (Å²) in [7, 11) is 0. The number of anilines is 4. The molecule has 152 valence electrons. The van der Waals surface area contributed by atoms with Crippen LogP contribution in [0.4, 0.5) is 23.1 Å². The van der Waals surface area contributed by atoms with Gasteiger partial charge in [-0.15, -0.1) is 0 Å². The first kappa shape index (κ1) is 19.1. The Hall–Kier alpha value is -3.20. The van der Waals surface area contributed by atoms with Crippen LogP contribution in [0.1, 0.15) is 26.8 Å². The quantitative estimate of drug-likeness (QED) is 0.685. The highest BCUT2D eigenvalue weighted by molar-refractivity contribution is 5.90. The largest absolute Gasteiger partial charge is 0.378 e. The number of hydrogen-bond acceptors (Lipinski definition) is 7. The molecule has 3 aromatic rings. The standard InChI is InChI=1S/C20H25N7O2/c1-13(2)27-19-17(25-20(27)26-8-10-29-11-9-26)18(21-12-22-19)24-16-6-4-15(5-7-16)23-14(3)28/h4-7,12-13H,8-11H2,1-3H3,(H,23,28)(H,21,22,24). The summed E-state index contributed by atoms with van der Waals surface area (Å²) in [6.07, 6.45) is 1.56. The monoisotopic (exact) mass is 395 g/mol. The lowest BCUT2D eigenvalue weighted by Crippen LogP contribution is -2.38. The van der Waals surface area contributed by atoms with Crippen molar-refractivity contribution in [1.82, 2.24) is 19.5 Å². The number of nitrogens with one attached hydrogen (secondary N) is 2. The summed E-state index contributed by atoms with van der Waals surface area (Å²) in [6, 6.07) is 7.67. The predicted octanol–water partition coefficient (Wildman–Crippen LogP) is 2.95. The molecule has 0 bridgehead atoms. The maximum atomic E-state index is 11.2. The Morgan fingerprint density at radius 3 is 2.45 bits per heavy atom. The van der Waals surface area contributed by atoms with Crippen LogP contribution in [-0.2, 0) is 9.53 Å². The zero-order valence-electron chi connectivity index (χ0n) is 16.8. The van der Waals surface area contributed by atoms with Gasteiger partial charge in [-0.25, -0.2) is 15.0 Å². The molecule has 1 saturated heterocycles. The van der Waals surface area contributed by atoms with Gasteiger partial charge in [-0.05, 0) is 38.1 Å². The number of nitrogens with zero attached hydrogens (tertiary/aromatic N) is 5. The SMILES string of the molecule is CC(=O)Nc1ccc(Nc2ncnc3c2nc(N2CCOCC2)n3C(C)C)cc1. The molecule has 9 heteroatoms. The second-order valence-electron chi connectivity index (χ2n) is 7.25. The van der Waals surface area contributed by atoms with Crippen LogP contribution in [0.25, 0.3) is 11.2 Å². The summed E-state index contributed by atoms with van der Waals surface area (Å²) < 4.78 is 7.63. The first-order valence-electron chi connectivity index (χ1n) is 9.73. The van der Waals surface area contributed by atoms with E-state index >= 15 is 0 Å². The van der Waals surface area contributed by atoms with Crippen LogP contribution in [-0.4, -0.2) is 51.7 Å². The fraction of sp³-hybridized carbons (Fsp3) is 0.400. The Morgan fingerprint density at radius 2 is 1.79 bits per heavy atom. The number of carbonyl (C=O) groups is 1. The van der Waals surface area contributed by atoms with E-state index in [1.54, 1.807) is 6.33 Å². The average Bonchev–Trinajstić information content (AvgIpc) is 3.11. The molecule has 1 aliphatic rings. The van der Waals surface area contributed by atoms with Crippen molar-refractivity contribution in [2.75, 3.05) is 41.8 Å². The molecule has 3 heterocycles. The van der Waals surface area contributed by atoms with Gasteiger partial charge in [0.25, 0.3) is 0 Å². The van der Waals surface area contributed by atoms with Crippen molar-refractivity contribution in [3.8, 4) is 0 Å². The lowest BCUT2D eigenvalue weighted by molar-refractivity contribution is -0.114. The number of morpholine rings is 1. The van der Waals surface area contributed by atoms with Crippen LogP contribution in [0.2, 0.25) is 0 Å². The number of carbonyl (C=O) groups excluding carboxylic acids is 1. The summed E-state index contributed by atoms with van der Waals surface area (Å²) in [5.41, 5.74) is 3.13. The molecule has 0 saturated carbocycles. The molecule has 9 nitrogen and oxygen atoms in total. The van der Waals surface area contributed by atoms with Crippen molar-refractivity contribution in [2.45, 2.75) is 26.8 Å². The molecule has 0 atom stereocenters. The number of ether oxygens (including phenoxy) is 1. The number of amides is 1. The minimum Gasteiger partial charge on any atom is -0.378 e. The van der Waals surface area contributed by atoms with E-state index in [1.807, 2.05) is 24.3 Å². The molecular formula is C20H25N7O2. The molecule has 2 N–H and O–H groups in total. The highest BCUT2D eigenvalue weighted by Gasteiger charge is 2.23. The fourth-order valence-electron chi connectivity index (χ4n) is 3.43. The summed E-state index contributed by atoms with van der Waals surface area (Å²) in [5, 5.41) is 6.09. The lowest BCUT2D eigenvalue weighted by Gasteiger charge is -2.29. The number of aromatic nitrogens is 4. The first-order chi connectivity index (χ1) is 14.0. The Morgan fingerprint density at radius 1 is 1.10 bits per heavy atom. The number of rotatable bonds is 5. The second-order valence-corrected chi connectivity index (χ2v) is 7.25. The van der Waals surface area contributed by atoms with Crippen LogP contribution in [0.5, 0.6) is 0 Å². The van der Waals surface area contributed by atoms with Crippen molar-refractivity contribution in [3.63, 3.8) is 0 Å². The minimum atomic E-state index is -0.0990. The van der Waals surface area contributed by atoms with Crippen LogP contribution >= 0.6 is 0 Å². The Kier molecular flexibility index (Phi) is 5.30. The van der Waals surface area contributed by atoms with Crippen molar-refractivity contribution >= 4 is 40.2 Å². The van der Waals surface area contributed by atoms with Crippen LogP contribution in [0.15, 0.2) is 30.6 Å². The van der Waals surface area contributed by atoms with Gasteiger partial charge in [0.05, 0.1) is 13.2 Å². The number of fused-ring (bicyclic) bond motifs is 1. The molecule has 1 fully saturated rings. The van der Waals surface area contributed by atoms with Gasteiger partial charge >= 0.3 is 0 Å². The molecule has 1 aromatic carbocycles. The Labute approximate surface area is 169 Å². The van der Waals surface area contributed by atoms with Crippen molar-refractivity contribution in [2.24, 2.45) is 0 Å². The van der Waals surface area contributed by atoms with Crippen molar-refractivity contribution in [1.29, 1.82) is 0 Å². The second kappa shape index (κ2) is 8.04. The molecule has 0 spiro atoms.